The maximum atomic E-state index is 13.5. The predicted molar refractivity (Wildman–Crippen MR) is 66.9 cm³/mol. The van der Waals surface area contributed by atoms with Crippen LogP contribution in [0.4, 0.5) is 4.39 Å². The molecule has 1 aliphatic rings. The van der Waals surface area contributed by atoms with Crippen molar-refractivity contribution in [2.75, 3.05) is 20.3 Å². The maximum absolute atomic E-state index is 13.5. The summed E-state index contributed by atoms with van der Waals surface area (Å²) in [6.07, 6.45) is 0. The van der Waals surface area contributed by atoms with E-state index in [-0.39, 0.29) is 5.82 Å². The van der Waals surface area contributed by atoms with Crippen molar-refractivity contribution < 1.29 is 13.9 Å². The molecule has 5 heteroatoms. The third-order valence-corrected chi connectivity index (χ3v) is 3.12. The Morgan fingerprint density at radius 3 is 2.94 bits per heavy atom. The third kappa shape index (κ3) is 1.54. The lowest BCUT2D eigenvalue weighted by Gasteiger charge is -2.01. The summed E-state index contributed by atoms with van der Waals surface area (Å²) < 4.78 is 24.1. The number of aliphatic imine (C=N–C) groups is 1. The van der Waals surface area contributed by atoms with Gasteiger partial charge in [0.15, 0.2) is 0 Å². The molecule has 2 aromatic rings. The van der Waals surface area contributed by atoms with E-state index in [1.165, 1.54) is 19.2 Å². The van der Waals surface area contributed by atoms with Crippen LogP contribution in [0.3, 0.4) is 0 Å². The van der Waals surface area contributed by atoms with E-state index >= 15 is 0 Å². The Labute approximate surface area is 103 Å². The zero-order chi connectivity index (χ0) is 12.7. The Morgan fingerprint density at radius 1 is 1.44 bits per heavy atom. The summed E-state index contributed by atoms with van der Waals surface area (Å²) in [4.78, 5) is 7.47. The van der Waals surface area contributed by atoms with Crippen molar-refractivity contribution in [1.82, 2.24) is 4.98 Å². The highest BCUT2D eigenvalue weighted by molar-refractivity contribution is 6.02. The van der Waals surface area contributed by atoms with Crippen LogP contribution < -0.4 is 4.74 Å². The standard InChI is InChI=1S/C13H13FN2O2/c1-7-9-5-8(14)6-10(17-2)12(9)16-11(7)13-15-3-4-18-13/h5-6,16H,3-4H2,1-2H3. The molecule has 0 radical (unpaired) electrons. The third-order valence-electron chi connectivity index (χ3n) is 3.12. The molecule has 1 aromatic heterocycles. The van der Waals surface area contributed by atoms with Gasteiger partial charge < -0.3 is 14.5 Å². The fourth-order valence-electron chi connectivity index (χ4n) is 2.22. The van der Waals surface area contributed by atoms with Crippen molar-refractivity contribution in [2.45, 2.75) is 6.92 Å². The van der Waals surface area contributed by atoms with Gasteiger partial charge in [-0.2, -0.15) is 0 Å². The number of benzene rings is 1. The van der Waals surface area contributed by atoms with Gasteiger partial charge in [0.1, 0.15) is 23.9 Å². The number of hydrogen-bond donors (Lipinski definition) is 1. The molecule has 18 heavy (non-hydrogen) atoms. The summed E-state index contributed by atoms with van der Waals surface area (Å²) in [6, 6.07) is 2.85. The number of halogens is 1. The number of nitrogens with one attached hydrogen (secondary N) is 1. The average molecular weight is 248 g/mol. The summed E-state index contributed by atoms with van der Waals surface area (Å²) in [7, 11) is 1.52. The number of ether oxygens (including phenoxy) is 2. The van der Waals surface area contributed by atoms with Gasteiger partial charge >= 0.3 is 0 Å². The molecule has 0 bridgehead atoms. The van der Waals surface area contributed by atoms with Crippen LogP contribution in [-0.2, 0) is 4.74 Å². The molecule has 4 nitrogen and oxygen atoms in total. The second-order valence-corrected chi connectivity index (χ2v) is 4.19. The molecule has 0 saturated carbocycles. The lowest BCUT2D eigenvalue weighted by molar-refractivity contribution is 0.347. The topological polar surface area (TPSA) is 46.6 Å². The summed E-state index contributed by atoms with van der Waals surface area (Å²) in [5.74, 6) is 0.756. The van der Waals surface area contributed by atoms with Gasteiger partial charge in [-0.1, -0.05) is 0 Å². The number of fused-ring (bicyclic) bond motifs is 1. The van der Waals surface area contributed by atoms with E-state index in [2.05, 4.69) is 9.98 Å². The van der Waals surface area contributed by atoms with E-state index in [4.69, 9.17) is 9.47 Å². The lowest BCUT2D eigenvalue weighted by atomic mass is 10.1. The Hall–Kier alpha value is -2.04. The first kappa shape index (κ1) is 11.1. The van der Waals surface area contributed by atoms with Crippen molar-refractivity contribution in [1.29, 1.82) is 0 Å². The van der Waals surface area contributed by atoms with Crippen LogP contribution in [0, 0.1) is 12.7 Å². The molecular formula is C13H13FN2O2. The highest BCUT2D eigenvalue weighted by atomic mass is 19.1. The fraction of sp³-hybridized carbons (Fsp3) is 0.308. The monoisotopic (exact) mass is 248 g/mol. The molecule has 0 fully saturated rings. The van der Waals surface area contributed by atoms with Gasteiger partial charge in [-0.3, -0.25) is 0 Å². The number of aromatic amines is 1. The minimum Gasteiger partial charge on any atom is -0.494 e. The zero-order valence-electron chi connectivity index (χ0n) is 10.2. The SMILES string of the molecule is COc1cc(F)cc2c(C)c(C3=NCCO3)[nH]c12. The van der Waals surface area contributed by atoms with Crippen LogP contribution in [0.15, 0.2) is 17.1 Å². The Kier molecular flexibility index (Phi) is 2.47. The van der Waals surface area contributed by atoms with Gasteiger partial charge in [0, 0.05) is 11.5 Å². The molecule has 0 amide bonds. The maximum Gasteiger partial charge on any atom is 0.233 e. The van der Waals surface area contributed by atoms with Crippen molar-refractivity contribution in [3.05, 3.63) is 29.2 Å². The molecule has 2 heterocycles. The Morgan fingerprint density at radius 2 is 2.28 bits per heavy atom. The largest absolute Gasteiger partial charge is 0.494 e. The molecule has 1 N–H and O–H groups in total. The van der Waals surface area contributed by atoms with Crippen LogP contribution in [-0.4, -0.2) is 31.1 Å². The van der Waals surface area contributed by atoms with Gasteiger partial charge in [-0.15, -0.1) is 0 Å². The van der Waals surface area contributed by atoms with E-state index in [9.17, 15) is 4.39 Å². The molecular weight excluding hydrogens is 235 g/mol. The van der Waals surface area contributed by atoms with Crippen molar-refractivity contribution in [3.63, 3.8) is 0 Å². The zero-order valence-corrected chi connectivity index (χ0v) is 10.2. The first-order chi connectivity index (χ1) is 8.70. The number of aryl methyl sites for hydroxylation is 1. The molecule has 0 saturated heterocycles. The Bertz CT molecular complexity index is 646. The Balaban J connectivity index is 2.27. The number of methoxy groups -OCH3 is 1. The molecule has 0 aliphatic carbocycles. The van der Waals surface area contributed by atoms with Gasteiger partial charge in [0.2, 0.25) is 5.90 Å². The van der Waals surface area contributed by atoms with E-state index in [0.717, 1.165) is 22.2 Å². The van der Waals surface area contributed by atoms with E-state index in [0.29, 0.717) is 24.8 Å². The first-order valence-corrected chi connectivity index (χ1v) is 5.74. The number of nitrogens with zero attached hydrogens (tertiary/aromatic N) is 1. The van der Waals surface area contributed by atoms with E-state index in [1.807, 2.05) is 6.92 Å². The minimum absolute atomic E-state index is 0.317. The highest BCUT2D eigenvalue weighted by Crippen LogP contribution is 2.31. The molecule has 0 unspecified atom stereocenters. The van der Waals surface area contributed by atoms with Crippen LogP contribution in [0.1, 0.15) is 11.3 Å². The smallest absolute Gasteiger partial charge is 0.233 e. The van der Waals surface area contributed by atoms with Gasteiger partial charge in [-0.25, -0.2) is 9.38 Å². The second-order valence-electron chi connectivity index (χ2n) is 4.19. The summed E-state index contributed by atoms with van der Waals surface area (Å²) in [5.41, 5.74) is 2.49. The number of hydrogen-bond acceptors (Lipinski definition) is 3. The molecule has 1 aromatic carbocycles. The number of rotatable bonds is 2. The summed E-state index contributed by atoms with van der Waals surface area (Å²) in [5, 5.41) is 0.792. The average Bonchev–Trinajstić information content (AvgIpc) is 2.97. The second kappa shape index (κ2) is 4.01. The van der Waals surface area contributed by atoms with Gasteiger partial charge in [-0.05, 0) is 18.6 Å². The van der Waals surface area contributed by atoms with Crippen molar-refractivity contribution in [3.8, 4) is 5.75 Å². The quantitative estimate of drug-likeness (QED) is 0.887. The van der Waals surface area contributed by atoms with Crippen molar-refractivity contribution in [2.24, 2.45) is 4.99 Å². The van der Waals surface area contributed by atoms with Crippen LogP contribution >= 0.6 is 0 Å². The normalized spacial score (nSPS) is 14.7. The number of H-pyrrole nitrogens is 1. The van der Waals surface area contributed by atoms with Gasteiger partial charge in [0.05, 0.1) is 19.2 Å². The fourth-order valence-corrected chi connectivity index (χ4v) is 2.22. The molecule has 1 aliphatic heterocycles. The van der Waals surface area contributed by atoms with Crippen molar-refractivity contribution >= 4 is 16.8 Å². The van der Waals surface area contributed by atoms with Crippen LogP contribution in [0.25, 0.3) is 10.9 Å². The van der Waals surface area contributed by atoms with Crippen LogP contribution in [0.5, 0.6) is 5.75 Å². The molecule has 3 rings (SSSR count). The minimum atomic E-state index is -0.317. The number of aromatic nitrogens is 1. The van der Waals surface area contributed by atoms with Crippen LogP contribution in [0.2, 0.25) is 0 Å². The lowest BCUT2D eigenvalue weighted by Crippen LogP contribution is -2.03. The summed E-state index contributed by atoms with van der Waals surface area (Å²) in [6.45, 7) is 3.17. The molecule has 0 spiro atoms. The van der Waals surface area contributed by atoms with Gasteiger partial charge in [0.25, 0.3) is 0 Å². The molecule has 94 valence electrons. The summed E-state index contributed by atoms with van der Waals surface area (Å²) >= 11 is 0. The highest BCUT2D eigenvalue weighted by Gasteiger charge is 2.19. The molecule has 0 atom stereocenters. The van der Waals surface area contributed by atoms with E-state index < -0.39 is 0 Å². The first-order valence-electron chi connectivity index (χ1n) is 5.74. The predicted octanol–water partition coefficient (Wildman–Crippen LogP) is 2.40. The van der Waals surface area contributed by atoms with E-state index in [1.54, 1.807) is 0 Å².